The Hall–Kier alpha value is -0.340. The fraction of sp³-hybridized carbons (Fsp3) is 0.667. The highest BCUT2D eigenvalue weighted by Gasteiger charge is 2.08. The van der Waals surface area contributed by atoms with Gasteiger partial charge in [-0.2, -0.15) is 0 Å². The molecule has 0 aliphatic carbocycles. The molecule has 80 valence electrons. The third kappa shape index (κ3) is 3.43. The van der Waals surface area contributed by atoms with Gasteiger partial charge in [0.15, 0.2) is 0 Å². The predicted octanol–water partition coefficient (Wildman–Crippen LogP) is 3.26. The van der Waals surface area contributed by atoms with Crippen molar-refractivity contribution in [1.82, 2.24) is 0 Å². The van der Waals surface area contributed by atoms with Crippen LogP contribution in [0.25, 0.3) is 0 Å². The Balaban J connectivity index is 2.48. The number of hydrogen-bond acceptors (Lipinski definition) is 2. The molecule has 1 aromatic heterocycles. The van der Waals surface area contributed by atoms with Gasteiger partial charge in [-0.3, -0.25) is 0 Å². The molecule has 0 spiro atoms. The quantitative estimate of drug-likeness (QED) is 0.767. The number of hydrogen-bond donors (Lipinski definition) is 1. The summed E-state index contributed by atoms with van der Waals surface area (Å²) in [4.78, 5) is 2.88. The van der Waals surface area contributed by atoms with Crippen LogP contribution < -0.4 is 0 Å². The second-order valence-corrected chi connectivity index (χ2v) is 5.02. The second-order valence-electron chi connectivity index (χ2n) is 3.76. The van der Waals surface area contributed by atoms with Crippen molar-refractivity contribution in [2.24, 2.45) is 5.92 Å². The molecular formula is C12H20OS. The van der Waals surface area contributed by atoms with E-state index in [9.17, 15) is 5.11 Å². The molecule has 2 heteroatoms. The van der Waals surface area contributed by atoms with Crippen LogP contribution in [0.1, 0.15) is 36.4 Å². The topological polar surface area (TPSA) is 20.2 Å². The molecule has 0 aliphatic heterocycles. The zero-order chi connectivity index (χ0) is 10.4. The van der Waals surface area contributed by atoms with E-state index in [1.54, 1.807) is 0 Å². The highest BCUT2D eigenvalue weighted by atomic mass is 32.1. The third-order valence-electron chi connectivity index (χ3n) is 2.51. The van der Waals surface area contributed by atoms with Crippen LogP contribution >= 0.6 is 11.3 Å². The Labute approximate surface area is 90.8 Å². The van der Waals surface area contributed by atoms with Crippen LogP contribution in [0.15, 0.2) is 12.1 Å². The van der Waals surface area contributed by atoms with Crippen LogP contribution in [0.4, 0.5) is 0 Å². The maximum Gasteiger partial charge on any atom is 0.0462 e. The number of rotatable bonds is 6. The van der Waals surface area contributed by atoms with Crippen molar-refractivity contribution < 1.29 is 5.11 Å². The standard InChI is InChI=1S/C12H20OS/c1-3-5-10(9-13)8-12-7-6-11(4-2)14-12/h6-7,10,13H,3-5,8-9H2,1-2H3. The minimum absolute atomic E-state index is 0.327. The molecule has 1 rings (SSSR count). The smallest absolute Gasteiger partial charge is 0.0462 e. The van der Waals surface area contributed by atoms with E-state index in [-0.39, 0.29) is 0 Å². The molecule has 1 heterocycles. The Morgan fingerprint density at radius 3 is 2.50 bits per heavy atom. The van der Waals surface area contributed by atoms with E-state index in [1.165, 1.54) is 9.75 Å². The van der Waals surface area contributed by atoms with E-state index >= 15 is 0 Å². The highest BCUT2D eigenvalue weighted by Crippen LogP contribution is 2.21. The van der Waals surface area contributed by atoms with E-state index in [4.69, 9.17) is 0 Å². The minimum atomic E-state index is 0.327. The van der Waals surface area contributed by atoms with Crippen molar-refractivity contribution >= 4 is 11.3 Å². The summed E-state index contributed by atoms with van der Waals surface area (Å²) in [6, 6.07) is 4.42. The van der Waals surface area contributed by atoms with Gasteiger partial charge in [0.05, 0.1) is 0 Å². The molecule has 1 N–H and O–H groups in total. The summed E-state index contributed by atoms with van der Waals surface area (Å²) in [6.45, 7) is 4.69. The summed E-state index contributed by atoms with van der Waals surface area (Å²) in [6.07, 6.45) is 4.48. The molecule has 0 radical (unpaired) electrons. The molecule has 0 saturated heterocycles. The van der Waals surface area contributed by atoms with Gasteiger partial charge in [0.1, 0.15) is 0 Å². The van der Waals surface area contributed by atoms with Crippen LogP contribution in [0.2, 0.25) is 0 Å². The fourth-order valence-electron chi connectivity index (χ4n) is 1.67. The van der Waals surface area contributed by atoms with Crippen LogP contribution in [0.3, 0.4) is 0 Å². The average molecular weight is 212 g/mol. The van der Waals surface area contributed by atoms with Crippen LogP contribution in [0.5, 0.6) is 0 Å². The SMILES string of the molecule is CCCC(CO)Cc1ccc(CC)s1. The van der Waals surface area contributed by atoms with Crippen molar-refractivity contribution in [3.05, 3.63) is 21.9 Å². The lowest BCUT2D eigenvalue weighted by atomic mass is 10.0. The first-order valence-corrected chi connectivity index (χ1v) is 6.30. The summed E-state index contributed by atoms with van der Waals surface area (Å²) in [5.74, 6) is 0.461. The van der Waals surface area contributed by atoms with Gasteiger partial charge < -0.3 is 5.11 Å². The number of aliphatic hydroxyl groups excluding tert-OH is 1. The normalized spacial score (nSPS) is 13.1. The minimum Gasteiger partial charge on any atom is -0.396 e. The summed E-state index contributed by atoms with van der Waals surface area (Å²) in [7, 11) is 0. The first-order chi connectivity index (χ1) is 6.80. The Kier molecular flexibility index (Phi) is 5.20. The Morgan fingerprint density at radius 1 is 1.29 bits per heavy atom. The molecule has 0 aromatic carbocycles. The Morgan fingerprint density at radius 2 is 2.00 bits per heavy atom. The number of aryl methyl sites for hydroxylation is 1. The van der Waals surface area contributed by atoms with Gasteiger partial charge in [0, 0.05) is 16.4 Å². The molecular weight excluding hydrogens is 192 g/mol. The molecule has 14 heavy (non-hydrogen) atoms. The van der Waals surface area contributed by atoms with Crippen molar-refractivity contribution in [2.45, 2.75) is 39.5 Å². The van der Waals surface area contributed by atoms with Gasteiger partial charge in [-0.1, -0.05) is 20.3 Å². The predicted molar refractivity (Wildman–Crippen MR) is 62.9 cm³/mol. The summed E-state index contributed by atoms with van der Waals surface area (Å²) in [5, 5.41) is 9.19. The van der Waals surface area contributed by atoms with Crippen LogP contribution in [-0.4, -0.2) is 11.7 Å². The van der Waals surface area contributed by atoms with Crippen molar-refractivity contribution in [3.63, 3.8) is 0 Å². The van der Waals surface area contributed by atoms with Gasteiger partial charge in [-0.05, 0) is 37.3 Å². The van der Waals surface area contributed by atoms with E-state index in [0.29, 0.717) is 12.5 Å². The summed E-state index contributed by atoms with van der Waals surface area (Å²) < 4.78 is 0. The van der Waals surface area contributed by atoms with Crippen molar-refractivity contribution in [1.29, 1.82) is 0 Å². The van der Waals surface area contributed by atoms with Gasteiger partial charge in [0.25, 0.3) is 0 Å². The van der Waals surface area contributed by atoms with Crippen molar-refractivity contribution in [3.8, 4) is 0 Å². The molecule has 1 aromatic rings. The molecule has 0 fully saturated rings. The van der Waals surface area contributed by atoms with E-state index in [2.05, 4.69) is 26.0 Å². The third-order valence-corrected chi connectivity index (χ3v) is 3.76. The maximum absolute atomic E-state index is 9.19. The zero-order valence-electron chi connectivity index (χ0n) is 9.12. The maximum atomic E-state index is 9.19. The number of thiophene rings is 1. The zero-order valence-corrected chi connectivity index (χ0v) is 9.94. The van der Waals surface area contributed by atoms with E-state index < -0.39 is 0 Å². The first-order valence-electron chi connectivity index (χ1n) is 5.48. The lowest BCUT2D eigenvalue weighted by Gasteiger charge is -2.10. The lowest BCUT2D eigenvalue weighted by Crippen LogP contribution is -2.08. The van der Waals surface area contributed by atoms with Crippen molar-refractivity contribution in [2.75, 3.05) is 6.61 Å². The lowest BCUT2D eigenvalue weighted by molar-refractivity contribution is 0.217. The van der Waals surface area contributed by atoms with Gasteiger partial charge in [0.2, 0.25) is 0 Å². The molecule has 0 aliphatic rings. The van der Waals surface area contributed by atoms with Gasteiger partial charge in [-0.25, -0.2) is 0 Å². The molecule has 1 atom stereocenters. The monoisotopic (exact) mass is 212 g/mol. The summed E-state index contributed by atoms with van der Waals surface area (Å²) >= 11 is 1.89. The van der Waals surface area contributed by atoms with E-state index in [0.717, 1.165) is 25.7 Å². The molecule has 1 nitrogen and oxygen atoms in total. The van der Waals surface area contributed by atoms with Gasteiger partial charge in [-0.15, -0.1) is 11.3 Å². The highest BCUT2D eigenvalue weighted by molar-refractivity contribution is 7.11. The van der Waals surface area contributed by atoms with Crippen LogP contribution in [0, 0.1) is 5.92 Å². The second kappa shape index (κ2) is 6.20. The molecule has 1 unspecified atom stereocenters. The largest absolute Gasteiger partial charge is 0.396 e. The fourth-order valence-corrected chi connectivity index (χ4v) is 2.75. The number of aliphatic hydroxyl groups is 1. The summed E-state index contributed by atoms with van der Waals surface area (Å²) in [5.41, 5.74) is 0. The van der Waals surface area contributed by atoms with Gasteiger partial charge >= 0.3 is 0 Å². The molecule has 0 saturated carbocycles. The van der Waals surface area contributed by atoms with E-state index in [1.807, 2.05) is 11.3 Å². The first kappa shape index (κ1) is 11.7. The molecule has 0 amide bonds. The molecule has 0 bridgehead atoms. The van der Waals surface area contributed by atoms with Crippen LogP contribution in [-0.2, 0) is 12.8 Å². The Bertz CT molecular complexity index is 255. The average Bonchev–Trinajstić information content (AvgIpc) is 2.65.